The highest BCUT2D eigenvalue weighted by Crippen LogP contribution is 2.41. The number of nitrogens with zero attached hydrogens (tertiary/aromatic N) is 4. The monoisotopic (exact) mass is 668 g/mol. The Morgan fingerprint density at radius 1 is 0.412 bits per heavy atom. The molecule has 0 unspecified atom stereocenters. The molecule has 0 radical (unpaired) electrons. The lowest BCUT2D eigenvalue weighted by Crippen LogP contribution is -2.00. The fourth-order valence-corrected chi connectivity index (χ4v) is 8.92. The van der Waals surface area contributed by atoms with Crippen LogP contribution >= 0.6 is 11.3 Å². The van der Waals surface area contributed by atoms with Crippen LogP contribution in [0.4, 0.5) is 0 Å². The van der Waals surface area contributed by atoms with Crippen LogP contribution < -0.4 is 0 Å². The van der Waals surface area contributed by atoms with Crippen molar-refractivity contribution in [2.75, 3.05) is 0 Å². The largest absolute Gasteiger partial charge is 0.309 e. The first-order valence-electron chi connectivity index (χ1n) is 17.2. The van der Waals surface area contributed by atoms with Crippen molar-refractivity contribution in [1.82, 2.24) is 19.1 Å². The minimum Gasteiger partial charge on any atom is -0.309 e. The van der Waals surface area contributed by atoms with Crippen LogP contribution in [0.3, 0.4) is 0 Å². The number of benzene rings is 7. The average Bonchev–Trinajstić information content (AvgIpc) is 3.85. The Labute approximate surface area is 297 Å². The van der Waals surface area contributed by atoms with Gasteiger partial charge in [-0.1, -0.05) is 115 Å². The minimum absolute atomic E-state index is 0.682. The minimum atomic E-state index is 0.682. The SMILES string of the molecule is c1ccc(-c2ccc(-n3c4ccccc4c4ccccc43)c(-c3ccc4sc5cnc(-n6c7ccccc7c7ccccc76)nc5c4c3)c2)cc1. The van der Waals surface area contributed by atoms with E-state index in [1.807, 2.05) is 6.20 Å². The molecule has 0 aliphatic rings. The maximum atomic E-state index is 5.32. The van der Waals surface area contributed by atoms with Gasteiger partial charge in [0.2, 0.25) is 5.95 Å². The van der Waals surface area contributed by atoms with Gasteiger partial charge in [-0.3, -0.25) is 4.57 Å². The fraction of sp³-hybridized carbons (Fsp3) is 0. The van der Waals surface area contributed by atoms with Gasteiger partial charge in [0, 0.05) is 37.2 Å². The molecule has 11 aromatic rings. The van der Waals surface area contributed by atoms with Gasteiger partial charge in [-0.15, -0.1) is 11.3 Å². The molecule has 4 heterocycles. The van der Waals surface area contributed by atoms with E-state index in [0.717, 1.165) is 37.9 Å². The smallest absolute Gasteiger partial charge is 0.235 e. The predicted octanol–water partition coefficient (Wildman–Crippen LogP) is 12.4. The molecule has 4 nitrogen and oxygen atoms in total. The van der Waals surface area contributed by atoms with Crippen LogP contribution in [0.15, 0.2) is 170 Å². The molecule has 5 heteroatoms. The first-order valence-corrected chi connectivity index (χ1v) is 18.0. The quantitative estimate of drug-likeness (QED) is 0.187. The summed E-state index contributed by atoms with van der Waals surface area (Å²) in [6, 6.07) is 58.8. The third-order valence-electron chi connectivity index (χ3n) is 10.2. The summed E-state index contributed by atoms with van der Waals surface area (Å²) in [6.45, 7) is 0. The summed E-state index contributed by atoms with van der Waals surface area (Å²) in [5.74, 6) is 0.682. The van der Waals surface area contributed by atoms with Gasteiger partial charge in [0.1, 0.15) is 0 Å². The lowest BCUT2D eigenvalue weighted by molar-refractivity contribution is 1.01. The molecule has 0 fully saturated rings. The Hall–Kier alpha value is -6.56. The third-order valence-corrected chi connectivity index (χ3v) is 11.3. The highest BCUT2D eigenvalue weighted by atomic mass is 32.1. The summed E-state index contributed by atoms with van der Waals surface area (Å²) in [5.41, 5.74) is 11.4. The zero-order valence-electron chi connectivity index (χ0n) is 27.4. The number of thiophene rings is 1. The van der Waals surface area contributed by atoms with Gasteiger partial charge in [-0.25, -0.2) is 9.97 Å². The molecule has 0 atom stereocenters. The highest BCUT2D eigenvalue weighted by molar-refractivity contribution is 7.25. The summed E-state index contributed by atoms with van der Waals surface area (Å²) in [7, 11) is 0. The van der Waals surface area contributed by atoms with Gasteiger partial charge >= 0.3 is 0 Å². The van der Waals surface area contributed by atoms with Crippen molar-refractivity contribution < 1.29 is 0 Å². The van der Waals surface area contributed by atoms with E-state index in [1.54, 1.807) is 11.3 Å². The number of fused-ring (bicyclic) bond motifs is 9. The molecule has 0 amide bonds. The Morgan fingerprint density at radius 2 is 0.961 bits per heavy atom. The van der Waals surface area contributed by atoms with E-state index in [1.165, 1.54) is 54.0 Å². The van der Waals surface area contributed by atoms with Crippen LogP contribution in [-0.2, 0) is 0 Å². The van der Waals surface area contributed by atoms with E-state index in [-0.39, 0.29) is 0 Å². The van der Waals surface area contributed by atoms with Crippen molar-refractivity contribution in [3.05, 3.63) is 170 Å². The highest BCUT2D eigenvalue weighted by Gasteiger charge is 2.19. The second kappa shape index (κ2) is 11.0. The number of para-hydroxylation sites is 4. The molecule has 0 saturated carbocycles. The first kappa shape index (κ1) is 28.3. The second-order valence-corrected chi connectivity index (χ2v) is 14.1. The van der Waals surface area contributed by atoms with Crippen LogP contribution in [0.2, 0.25) is 0 Å². The standard InChI is InChI=1S/C46H28N4S/c1-2-12-29(13-3-1)30-22-24-42(49-38-18-8-4-14-32(38)33-15-5-9-19-39(33)49)36(26-30)31-23-25-43-37(27-31)45-44(51-43)28-47-46(48-45)50-40-20-10-6-16-34(40)35-17-7-11-21-41(35)50/h1-28H. The zero-order chi connectivity index (χ0) is 33.5. The Kier molecular flexibility index (Phi) is 6.09. The molecular weight excluding hydrogens is 641 g/mol. The normalized spacial score (nSPS) is 11.9. The second-order valence-electron chi connectivity index (χ2n) is 13.0. The Bertz CT molecular complexity index is 3040. The van der Waals surface area contributed by atoms with Crippen molar-refractivity contribution in [1.29, 1.82) is 0 Å². The van der Waals surface area contributed by atoms with Gasteiger partial charge in [-0.05, 0) is 65.2 Å². The molecular formula is C46H28N4S. The van der Waals surface area contributed by atoms with Gasteiger partial charge in [-0.2, -0.15) is 0 Å². The molecule has 4 aromatic heterocycles. The summed E-state index contributed by atoms with van der Waals surface area (Å²) < 4.78 is 6.89. The van der Waals surface area contributed by atoms with Crippen LogP contribution in [0.1, 0.15) is 0 Å². The van der Waals surface area contributed by atoms with E-state index in [0.29, 0.717) is 5.95 Å². The van der Waals surface area contributed by atoms with Crippen LogP contribution in [0, 0.1) is 0 Å². The maximum absolute atomic E-state index is 5.32. The topological polar surface area (TPSA) is 35.6 Å². The summed E-state index contributed by atoms with van der Waals surface area (Å²) >= 11 is 1.75. The molecule has 0 aliphatic heterocycles. The van der Waals surface area contributed by atoms with E-state index < -0.39 is 0 Å². The molecule has 7 aromatic carbocycles. The third kappa shape index (κ3) is 4.25. The van der Waals surface area contributed by atoms with Crippen LogP contribution in [0.5, 0.6) is 0 Å². The Balaban J connectivity index is 1.17. The van der Waals surface area contributed by atoms with Crippen LogP contribution in [0.25, 0.3) is 97.8 Å². The summed E-state index contributed by atoms with van der Waals surface area (Å²) in [4.78, 5) is 10.3. The molecule has 0 bridgehead atoms. The van der Waals surface area contributed by atoms with Crippen molar-refractivity contribution in [2.45, 2.75) is 0 Å². The lowest BCUT2D eigenvalue weighted by Gasteiger charge is -2.16. The van der Waals surface area contributed by atoms with Crippen LogP contribution in [-0.4, -0.2) is 19.1 Å². The number of hydrogen-bond acceptors (Lipinski definition) is 3. The van der Waals surface area contributed by atoms with Gasteiger partial charge in [0.05, 0.1) is 44.2 Å². The average molecular weight is 669 g/mol. The number of aromatic nitrogens is 4. The lowest BCUT2D eigenvalue weighted by atomic mass is 9.96. The number of hydrogen-bond donors (Lipinski definition) is 0. The van der Waals surface area contributed by atoms with E-state index in [9.17, 15) is 0 Å². The van der Waals surface area contributed by atoms with E-state index >= 15 is 0 Å². The Morgan fingerprint density at radius 3 is 1.59 bits per heavy atom. The molecule has 0 saturated heterocycles. The molecule has 0 N–H and O–H groups in total. The summed E-state index contributed by atoms with van der Waals surface area (Å²) in [6.07, 6.45) is 1.99. The first-order chi connectivity index (χ1) is 25.3. The summed E-state index contributed by atoms with van der Waals surface area (Å²) in [5, 5.41) is 6.03. The van der Waals surface area contributed by atoms with Crippen molar-refractivity contribution in [3.8, 4) is 33.9 Å². The molecule has 11 rings (SSSR count). The van der Waals surface area contributed by atoms with E-state index in [2.05, 4.69) is 173 Å². The fourth-order valence-electron chi connectivity index (χ4n) is 7.92. The van der Waals surface area contributed by atoms with Gasteiger partial charge in [0.25, 0.3) is 0 Å². The van der Waals surface area contributed by atoms with Crippen molar-refractivity contribution >= 4 is 75.3 Å². The molecule has 238 valence electrons. The number of rotatable bonds is 4. The molecule has 0 aliphatic carbocycles. The van der Waals surface area contributed by atoms with Gasteiger partial charge < -0.3 is 4.57 Å². The predicted molar refractivity (Wildman–Crippen MR) is 214 cm³/mol. The zero-order valence-corrected chi connectivity index (χ0v) is 28.2. The van der Waals surface area contributed by atoms with E-state index in [4.69, 9.17) is 9.97 Å². The van der Waals surface area contributed by atoms with Crippen molar-refractivity contribution in [3.63, 3.8) is 0 Å². The van der Waals surface area contributed by atoms with Gasteiger partial charge in [0.15, 0.2) is 0 Å². The molecule has 0 spiro atoms. The maximum Gasteiger partial charge on any atom is 0.235 e. The molecule has 51 heavy (non-hydrogen) atoms. The van der Waals surface area contributed by atoms with Crippen molar-refractivity contribution in [2.24, 2.45) is 0 Å².